The second kappa shape index (κ2) is 5.24. The molecule has 5 nitrogen and oxygen atoms in total. The summed E-state index contributed by atoms with van der Waals surface area (Å²) in [5, 5.41) is 6.67. The van der Waals surface area contributed by atoms with Crippen molar-refractivity contribution >= 4 is 28.4 Å². The Kier molecular flexibility index (Phi) is 3.41. The van der Waals surface area contributed by atoms with Crippen LogP contribution in [0.2, 0.25) is 0 Å². The standard InChI is InChI=1S/C16H19N3O2/c1-3-19-10(2)8-11-9-12(4-6-14(11)19)17-16(21)13-5-7-15(20)18-13/h4,6,8-9,13H,3,5,7H2,1-2H3,(H,17,21)(H,18,20). The number of hydrogen-bond donors (Lipinski definition) is 2. The average Bonchev–Trinajstić information content (AvgIpc) is 3.01. The second-order valence-corrected chi connectivity index (χ2v) is 5.45. The number of fused-ring (bicyclic) bond motifs is 1. The topological polar surface area (TPSA) is 63.1 Å². The summed E-state index contributed by atoms with van der Waals surface area (Å²) in [4.78, 5) is 23.3. The molecule has 1 atom stereocenters. The van der Waals surface area contributed by atoms with E-state index in [2.05, 4.69) is 35.1 Å². The molecule has 0 radical (unpaired) electrons. The van der Waals surface area contributed by atoms with Crippen LogP contribution in [0.3, 0.4) is 0 Å². The molecule has 0 aliphatic carbocycles. The van der Waals surface area contributed by atoms with Crippen molar-refractivity contribution < 1.29 is 9.59 Å². The van der Waals surface area contributed by atoms with Crippen LogP contribution in [0.4, 0.5) is 5.69 Å². The van der Waals surface area contributed by atoms with Gasteiger partial charge < -0.3 is 15.2 Å². The molecule has 1 aromatic carbocycles. The van der Waals surface area contributed by atoms with Crippen molar-refractivity contribution in [3.63, 3.8) is 0 Å². The Morgan fingerprint density at radius 1 is 1.43 bits per heavy atom. The van der Waals surface area contributed by atoms with Crippen molar-refractivity contribution in [2.75, 3.05) is 5.32 Å². The number of carbonyl (C=O) groups is 2. The third kappa shape index (κ3) is 2.51. The Balaban J connectivity index is 1.81. The zero-order valence-corrected chi connectivity index (χ0v) is 12.3. The normalized spacial score (nSPS) is 18.0. The molecule has 3 rings (SSSR count). The number of hydrogen-bond acceptors (Lipinski definition) is 2. The second-order valence-electron chi connectivity index (χ2n) is 5.45. The average molecular weight is 285 g/mol. The maximum absolute atomic E-state index is 12.1. The molecular weight excluding hydrogens is 266 g/mol. The van der Waals surface area contributed by atoms with Gasteiger partial charge in [-0.1, -0.05) is 0 Å². The molecule has 1 aliphatic rings. The molecule has 1 unspecified atom stereocenters. The SMILES string of the molecule is CCn1c(C)cc2cc(NC(=O)C3CCC(=O)N3)ccc21. The minimum Gasteiger partial charge on any atom is -0.345 e. The smallest absolute Gasteiger partial charge is 0.246 e. The molecular formula is C16H19N3O2. The largest absolute Gasteiger partial charge is 0.345 e. The van der Waals surface area contributed by atoms with Crippen molar-refractivity contribution in [3.8, 4) is 0 Å². The number of rotatable bonds is 3. The lowest BCUT2D eigenvalue weighted by Gasteiger charge is -2.11. The first-order valence-electron chi connectivity index (χ1n) is 7.28. The van der Waals surface area contributed by atoms with Gasteiger partial charge in [0.25, 0.3) is 0 Å². The van der Waals surface area contributed by atoms with Crippen molar-refractivity contribution in [1.82, 2.24) is 9.88 Å². The predicted molar refractivity (Wildman–Crippen MR) is 82.1 cm³/mol. The van der Waals surface area contributed by atoms with Gasteiger partial charge in [0.15, 0.2) is 0 Å². The van der Waals surface area contributed by atoms with Gasteiger partial charge in [0.1, 0.15) is 6.04 Å². The summed E-state index contributed by atoms with van der Waals surface area (Å²) in [5.41, 5.74) is 3.14. The van der Waals surface area contributed by atoms with Gasteiger partial charge >= 0.3 is 0 Å². The first-order chi connectivity index (χ1) is 10.1. The Bertz CT molecular complexity index is 718. The molecule has 5 heteroatoms. The summed E-state index contributed by atoms with van der Waals surface area (Å²) in [7, 11) is 0. The highest BCUT2D eigenvalue weighted by molar-refractivity contribution is 6.00. The van der Waals surface area contributed by atoms with E-state index in [-0.39, 0.29) is 11.8 Å². The molecule has 1 aromatic heterocycles. The van der Waals surface area contributed by atoms with Gasteiger partial charge in [-0.05, 0) is 44.5 Å². The number of amides is 2. The van der Waals surface area contributed by atoms with Crippen LogP contribution >= 0.6 is 0 Å². The number of nitrogens with zero attached hydrogens (tertiary/aromatic N) is 1. The minimum absolute atomic E-state index is 0.0544. The molecule has 0 bridgehead atoms. The van der Waals surface area contributed by atoms with Gasteiger partial charge in [0.05, 0.1) is 0 Å². The Morgan fingerprint density at radius 3 is 2.90 bits per heavy atom. The van der Waals surface area contributed by atoms with Gasteiger partial charge in [-0.2, -0.15) is 0 Å². The molecule has 1 saturated heterocycles. The third-order valence-electron chi connectivity index (χ3n) is 4.00. The number of aryl methyl sites for hydroxylation is 2. The van der Waals surface area contributed by atoms with E-state index in [0.717, 1.165) is 17.6 Å². The number of carbonyl (C=O) groups excluding carboxylic acids is 2. The minimum atomic E-state index is -0.407. The van der Waals surface area contributed by atoms with E-state index in [4.69, 9.17) is 0 Å². The molecule has 2 N–H and O–H groups in total. The maximum Gasteiger partial charge on any atom is 0.246 e. The van der Waals surface area contributed by atoms with E-state index in [1.807, 2.05) is 18.2 Å². The highest BCUT2D eigenvalue weighted by Crippen LogP contribution is 2.23. The Labute approximate surface area is 123 Å². The van der Waals surface area contributed by atoms with Crippen LogP contribution in [0.1, 0.15) is 25.5 Å². The van der Waals surface area contributed by atoms with Crippen LogP contribution in [0.25, 0.3) is 10.9 Å². The first kappa shape index (κ1) is 13.7. The quantitative estimate of drug-likeness (QED) is 0.908. The zero-order chi connectivity index (χ0) is 15.0. The summed E-state index contributed by atoms with van der Waals surface area (Å²) < 4.78 is 2.23. The van der Waals surface area contributed by atoms with Gasteiger partial charge in [0.2, 0.25) is 11.8 Å². The molecule has 2 amide bonds. The fourth-order valence-electron chi connectivity index (χ4n) is 2.95. The molecule has 2 aromatic rings. The van der Waals surface area contributed by atoms with Crippen molar-refractivity contribution in [1.29, 1.82) is 0 Å². The lowest BCUT2D eigenvalue weighted by atomic mass is 10.2. The number of benzene rings is 1. The Morgan fingerprint density at radius 2 is 2.24 bits per heavy atom. The van der Waals surface area contributed by atoms with Crippen molar-refractivity contribution in [2.24, 2.45) is 0 Å². The lowest BCUT2D eigenvalue weighted by Crippen LogP contribution is -2.37. The van der Waals surface area contributed by atoms with E-state index < -0.39 is 6.04 Å². The van der Waals surface area contributed by atoms with Crippen LogP contribution in [-0.2, 0) is 16.1 Å². The Hall–Kier alpha value is -2.30. The molecule has 0 spiro atoms. The molecule has 21 heavy (non-hydrogen) atoms. The zero-order valence-electron chi connectivity index (χ0n) is 12.3. The monoisotopic (exact) mass is 285 g/mol. The molecule has 110 valence electrons. The van der Waals surface area contributed by atoms with Crippen LogP contribution < -0.4 is 10.6 Å². The van der Waals surface area contributed by atoms with Crippen molar-refractivity contribution in [3.05, 3.63) is 30.0 Å². The summed E-state index contributed by atoms with van der Waals surface area (Å²) in [6, 6.07) is 7.61. The van der Waals surface area contributed by atoms with E-state index >= 15 is 0 Å². The lowest BCUT2D eigenvalue weighted by molar-refractivity contribution is -0.122. The fraction of sp³-hybridized carbons (Fsp3) is 0.375. The first-order valence-corrected chi connectivity index (χ1v) is 7.28. The van der Waals surface area contributed by atoms with Gasteiger partial charge in [-0.15, -0.1) is 0 Å². The number of nitrogens with one attached hydrogen (secondary N) is 2. The molecule has 1 aliphatic heterocycles. The number of anilines is 1. The molecule has 1 fully saturated rings. The van der Waals surface area contributed by atoms with E-state index in [1.54, 1.807) is 0 Å². The van der Waals surface area contributed by atoms with E-state index in [0.29, 0.717) is 12.8 Å². The van der Waals surface area contributed by atoms with E-state index in [9.17, 15) is 9.59 Å². The highest BCUT2D eigenvalue weighted by atomic mass is 16.2. The molecule has 0 saturated carbocycles. The maximum atomic E-state index is 12.1. The van der Waals surface area contributed by atoms with Crippen LogP contribution in [-0.4, -0.2) is 22.4 Å². The van der Waals surface area contributed by atoms with Gasteiger partial charge in [0, 0.05) is 35.2 Å². The van der Waals surface area contributed by atoms with Crippen LogP contribution in [0.15, 0.2) is 24.3 Å². The van der Waals surface area contributed by atoms with Crippen LogP contribution in [0, 0.1) is 6.92 Å². The van der Waals surface area contributed by atoms with E-state index in [1.165, 1.54) is 11.2 Å². The molecule has 2 heterocycles. The van der Waals surface area contributed by atoms with Crippen LogP contribution in [0.5, 0.6) is 0 Å². The van der Waals surface area contributed by atoms with Gasteiger partial charge in [-0.25, -0.2) is 0 Å². The fourth-order valence-corrected chi connectivity index (χ4v) is 2.95. The highest BCUT2D eigenvalue weighted by Gasteiger charge is 2.27. The summed E-state index contributed by atoms with van der Waals surface area (Å²) in [6.45, 7) is 5.12. The van der Waals surface area contributed by atoms with Crippen molar-refractivity contribution in [2.45, 2.75) is 39.3 Å². The van der Waals surface area contributed by atoms with Gasteiger partial charge in [-0.3, -0.25) is 9.59 Å². The third-order valence-corrected chi connectivity index (χ3v) is 4.00. The summed E-state index contributed by atoms with van der Waals surface area (Å²) >= 11 is 0. The summed E-state index contributed by atoms with van der Waals surface area (Å²) in [6.07, 6.45) is 0.994. The summed E-state index contributed by atoms with van der Waals surface area (Å²) in [5.74, 6) is -0.201. The predicted octanol–water partition coefficient (Wildman–Crippen LogP) is 2.19. The number of aromatic nitrogens is 1.